The van der Waals surface area contributed by atoms with Gasteiger partial charge in [0, 0.05) is 11.5 Å². The summed E-state index contributed by atoms with van der Waals surface area (Å²) in [6.45, 7) is 3.39. The number of carbonyl (C=O) groups excluding carboxylic acids is 1. The van der Waals surface area contributed by atoms with E-state index in [0.717, 1.165) is 11.0 Å². The highest BCUT2D eigenvalue weighted by Gasteiger charge is 2.17. The summed E-state index contributed by atoms with van der Waals surface area (Å²) < 4.78 is 5.56. The second kappa shape index (κ2) is 5.28. The van der Waals surface area contributed by atoms with Gasteiger partial charge in [-0.05, 0) is 32.1 Å². The molecule has 2 N–H and O–H groups in total. The van der Waals surface area contributed by atoms with E-state index in [1.54, 1.807) is 19.9 Å². The van der Waals surface area contributed by atoms with Gasteiger partial charge in [-0.1, -0.05) is 18.2 Å². The molecule has 1 heterocycles. The van der Waals surface area contributed by atoms with Crippen molar-refractivity contribution in [2.24, 2.45) is 0 Å². The van der Waals surface area contributed by atoms with E-state index in [2.05, 4.69) is 5.32 Å². The SMILES string of the molecule is CC(C)(CO)NC(=O)/C=C/c1cc2ccccc2o1. The molecule has 0 aliphatic rings. The van der Waals surface area contributed by atoms with Crippen molar-refractivity contribution in [3.8, 4) is 0 Å². The summed E-state index contributed by atoms with van der Waals surface area (Å²) in [6.07, 6.45) is 3.01. The summed E-state index contributed by atoms with van der Waals surface area (Å²) in [6, 6.07) is 9.53. The number of rotatable bonds is 4. The number of carbonyl (C=O) groups is 1. The van der Waals surface area contributed by atoms with Gasteiger partial charge in [0.1, 0.15) is 11.3 Å². The molecule has 0 radical (unpaired) electrons. The van der Waals surface area contributed by atoms with Crippen molar-refractivity contribution in [1.29, 1.82) is 0 Å². The van der Waals surface area contributed by atoms with Gasteiger partial charge < -0.3 is 14.8 Å². The second-order valence-electron chi connectivity index (χ2n) is 5.05. The summed E-state index contributed by atoms with van der Waals surface area (Å²) in [5.41, 5.74) is 0.160. The lowest BCUT2D eigenvalue weighted by Gasteiger charge is -2.22. The van der Waals surface area contributed by atoms with E-state index in [-0.39, 0.29) is 12.5 Å². The first-order valence-electron chi connectivity index (χ1n) is 6.10. The summed E-state index contributed by atoms with van der Waals surface area (Å²) in [5.74, 6) is 0.359. The van der Waals surface area contributed by atoms with Gasteiger partial charge in [0.2, 0.25) is 5.91 Å². The molecule has 2 rings (SSSR count). The van der Waals surface area contributed by atoms with Gasteiger partial charge in [-0.15, -0.1) is 0 Å². The fourth-order valence-electron chi connectivity index (χ4n) is 1.66. The van der Waals surface area contributed by atoms with Gasteiger partial charge in [-0.3, -0.25) is 4.79 Å². The second-order valence-corrected chi connectivity index (χ2v) is 5.05. The number of nitrogens with one attached hydrogen (secondary N) is 1. The van der Waals surface area contributed by atoms with Crippen LogP contribution in [0.4, 0.5) is 0 Å². The highest BCUT2D eigenvalue weighted by Crippen LogP contribution is 2.19. The van der Waals surface area contributed by atoms with E-state index in [4.69, 9.17) is 9.52 Å². The number of fused-ring (bicyclic) bond motifs is 1. The molecule has 0 saturated heterocycles. The van der Waals surface area contributed by atoms with Crippen LogP contribution in [0.3, 0.4) is 0 Å². The Balaban J connectivity index is 2.08. The monoisotopic (exact) mass is 259 g/mol. The molecule has 0 aliphatic heterocycles. The maximum absolute atomic E-state index is 11.7. The van der Waals surface area contributed by atoms with Crippen LogP contribution >= 0.6 is 0 Å². The third-order valence-electron chi connectivity index (χ3n) is 2.70. The van der Waals surface area contributed by atoms with E-state index in [0.29, 0.717) is 5.76 Å². The van der Waals surface area contributed by atoms with Gasteiger partial charge in [0.25, 0.3) is 0 Å². The highest BCUT2D eigenvalue weighted by molar-refractivity contribution is 5.92. The Labute approximate surface area is 111 Å². The average molecular weight is 259 g/mol. The first-order valence-corrected chi connectivity index (χ1v) is 6.10. The molecule has 0 unspecified atom stereocenters. The van der Waals surface area contributed by atoms with Gasteiger partial charge in [0.15, 0.2) is 0 Å². The molecule has 1 aromatic heterocycles. The van der Waals surface area contributed by atoms with Crippen molar-refractivity contribution < 1.29 is 14.3 Å². The smallest absolute Gasteiger partial charge is 0.244 e. The molecule has 1 aromatic carbocycles. The van der Waals surface area contributed by atoms with Crippen LogP contribution < -0.4 is 5.32 Å². The molecule has 4 heteroatoms. The maximum Gasteiger partial charge on any atom is 0.244 e. The summed E-state index contributed by atoms with van der Waals surface area (Å²) in [4.78, 5) is 11.7. The Morgan fingerprint density at radius 2 is 2.16 bits per heavy atom. The van der Waals surface area contributed by atoms with Crippen molar-refractivity contribution in [3.63, 3.8) is 0 Å². The van der Waals surface area contributed by atoms with Crippen molar-refractivity contribution in [2.75, 3.05) is 6.61 Å². The molecule has 0 saturated carbocycles. The van der Waals surface area contributed by atoms with Gasteiger partial charge in [-0.2, -0.15) is 0 Å². The number of amides is 1. The average Bonchev–Trinajstić information content (AvgIpc) is 2.78. The van der Waals surface area contributed by atoms with Crippen LogP contribution in [-0.2, 0) is 4.79 Å². The zero-order chi connectivity index (χ0) is 13.9. The third-order valence-corrected chi connectivity index (χ3v) is 2.70. The van der Waals surface area contributed by atoms with Gasteiger partial charge in [0.05, 0.1) is 12.1 Å². The molecule has 19 heavy (non-hydrogen) atoms. The van der Waals surface area contributed by atoms with Crippen molar-refractivity contribution in [2.45, 2.75) is 19.4 Å². The quantitative estimate of drug-likeness (QED) is 0.828. The Hall–Kier alpha value is -2.07. The topological polar surface area (TPSA) is 62.5 Å². The number of aliphatic hydroxyl groups excluding tert-OH is 1. The molecule has 100 valence electrons. The van der Waals surface area contributed by atoms with E-state index >= 15 is 0 Å². The van der Waals surface area contributed by atoms with E-state index in [1.807, 2.05) is 30.3 Å². The number of aliphatic hydroxyl groups is 1. The molecule has 0 fully saturated rings. The molecular weight excluding hydrogens is 242 g/mol. The lowest BCUT2D eigenvalue weighted by atomic mass is 10.1. The number of benzene rings is 1. The maximum atomic E-state index is 11.7. The normalized spacial score (nSPS) is 12.2. The third kappa shape index (κ3) is 3.45. The van der Waals surface area contributed by atoms with Crippen LogP contribution in [-0.4, -0.2) is 23.2 Å². The first kappa shape index (κ1) is 13.4. The number of hydrogen-bond acceptors (Lipinski definition) is 3. The van der Waals surface area contributed by atoms with E-state index in [1.165, 1.54) is 6.08 Å². The predicted molar refractivity (Wildman–Crippen MR) is 74.6 cm³/mol. The molecule has 0 spiro atoms. The number of para-hydroxylation sites is 1. The molecule has 0 bridgehead atoms. The minimum atomic E-state index is -0.630. The molecule has 4 nitrogen and oxygen atoms in total. The zero-order valence-electron chi connectivity index (χ0n) is 11.0. The summed E-state index contributed by atoms with van der Waals surface area (Å²) >= 11 is 0. The van der Waals surface area contributed by atoms with E-state index in [9.17, 15) is 4.79 Å². The van der Waals surface area contributed by atoms with E-state index < -0.39 is 5.54 Å². The van der Waals surface area contributed by atoms with Gasteiger partial charge in [-0.25, -0.2) is 0 Å². The predicted octanol–water partition coefficient (Wildman–Crippen LogP) is 2.33. The first-order chi connectivity index (χ1) is 9.00. The minimum absolute atomic E-state index is 0.114. The van der Waals surface area contributed by atoms with Gasteiger partial charge >= 0.3 is 0 Å². The fourth-order valence-corrected chi connectivity index (χ4v) is 1.66. The number of furan rings is 1. The lowest BCUT2D eigenvalue weighted by Crippen LogP contribution is -2.45. The zero-order valence-corrected chi connectivity index (χ0v) is 11.0. The van der Waals surface area contributed by atoms with Crippen LogP contribution in [0.1, 0.15) is 19.6 Å². The Morgan fingerprint density at radius 1 is 1.42 bits per heavy atom. The van der Waals surface area contributed by atoms with Crippen LogP contribution in [0.25, 0.3) is 17.0 Å². The molecule has 0 aliphatic carbocycles. The molecular formula is C15H17NO3. The minimum Gasteiger partial charge on any atom is -0.457 e. The Bertz CT molecular complexity index is 578. The number of hydrogen-bond donors (Lipinski definition) is 2. The largest absolute Gasteiger partial charge is 0.457 e. The molecule has 0 atom stereocenters. The van der Waals surface area contributed by atoms with Crippen LogP contribution in [0.15, 0.2) is 40.8 Å². The highest BCUT2D eigenvalue weighted by atomic mass is 16.3. The van der Waals surface area contributed by atoms with Crippen molar-refractivity contribution in [1.82, 2.24) is 5.32 Å². The van der Waals surface area contributed by atoms with Crippen molar-refractivity contribution >= 4 is 23.0 Å². The fraction of sp³-hybridized carbons (Fsp3) is 0.267. The Morgan fingerprint density at radius 3 is 2.84 bits per heavy atom. The standard InChI is InChI=1S/C15H17NO3/c1-15(2,10-17)16-14(18)8-7-12-9-11-5-3-4-6-13(11)19-12/h3-9,17H,10H2,1-2H3,(H,16,18)/b8-7+. The Kier molecular flexibility index (Phi) is 3.71. The lowest BCUT2D eigenvalue weighted by molar-refractivity contribution is -0.118. The molecule has 2 aromatic rings. The molecule has 1 amide bonds. The summed E-state index contributed by atoms with van der Waals surface area (Å²) in [5, 5.41) is 12.8. The van der Waals surface area contributed by atoms with Crippen molar-refractivity contribution in [3.05, 3.63) is 42.2 Å². The van der Waals surface area contributed by atoms with Crippen LogP contribution in [0.2, 0.25) is 0 Å². The van der Waals surface area contributed by atoms with Crippen LogP contribution in [0, 0.1) is 0 Å². The van der Waals surface area contributed by atoms with Crippen LogP contribution in [0.5, 0.6) is 0 Å². The summed E-state index contributed by atoms with van der Waals surface area (Å²) in [7, 11) is 0.